The Kier molecular flexibility index (Phi) is 5.12. The average molecular weight is 308 g/mol. The van der Waals surface area contributed by atoms with Crippen molar-refractivity contribution >= 4 is 22.6 Å². The minimum absolute atomic E-state index is 0.618. The average Bonchev–Trinajstić information content (AvgIpc) is 2.87. The normalized spacial score (nSPS) is 16.6. The van der Waals surface area contributed by atoms with Gasteiger partial charge < -0.3 is 9.30 Å². The third-order valence-electron chi connectivity index (χ3n) is 4.01. The van der Waals surface area contributed by atoms with Crippen LogP contribution in [0, 0.1) is 0 Å². The molecule has 0 N–H and O–H groups in total. The lowest BCUT2D eigenvalue weighted by molar-refractivity contribution is 0.0369. The van der Waals surface area contributed by atoms with Crippen molar-refractivity contribution < 1.29 is 4.74 Å². The molecule has 1 saturated heterocycles. The molecule has 3 rings (SSSR count). The van der Waals surface area contributed by atoms with E-state index in [-0.39, 0.29) is 0 Å². The van der Waals surface area contributed by atoms with Crippen LogP contribution in [0.15, 0.2) is 24.3 Å². The quantitative estimate of drug-likeness (QED) is 0.768. The van der Waals surface area contributed by atoms with Gasteiger partial charge in [-0.15, -0.1) is 11.6 Å². The zero-order valence-corrected chi connectivity index (χ0v) is 13.1. The summed E-state index contributed by atoms with van der Waals surface area (Å²) in [4.78, 5) is 7.19. The number of hydrogen-bond donors (Lipinski definition) is 0. The maximum absolute atomic E-state index is 5.92. The highest BCUT2D eigenvalue weighted by molar-refractivity contribution is 6.17. The van der Waals surface area contributed by atoms with Gasteiger partial charge in [0.05, 0.1) is 24.2 Å². The van der Waals surface area contributed by atoms with E-state index in [0.29, 0.717) is 5.88 Å². The van der Waals surface area contributed by atoms with E-state index in [1.165, 1.54) is 5.52 Å². The molecule has 5 heteroatoms. The van der Waals surface area contributed by atoms with Gasteiger partial charge in [-0.05, 0) is 18.6 Å². The molecule has 2 aromatic rings. The van der Waals surface area contributed by atoms with E-state index in [2.05, 4.69) is 27.7 Å². The van der Waals surface area contributed by atoms with Crippen LogP contribution in [-0.4, -0.2) is 53.2 Å². The lowest BCUT2D eigenvalue weighted by atomic mass is 10.3. The highest BCUT2D eigenvalue weighted by Crippen LogP contribution is 2.17. The van der Waals surface area contributed by atoms with Gasteiger partial charge in [-0.25, -0.2) is 4.98 Å². The summed E-state index contributed by atoms with van der Waals surface area (Å²) < 4.78 is 7.72. The molecule has 1 fully saturated rings. The van der Waals surface area contributed by atoms with Crippen LogP contribution in [-0.2, 0) is 17.7 Å². The zero-order valence-electron chi connectivity index (χ0n) is 12.3. The Morgan fingerprint density at radius 2 is 1.95 bits per heavy atom. The van der Waals surface area contributed by atoms with E-state index in [4.69, 9.17) is 21.3 Å². The number of rotatable bonds is 6. The first-order chi connectivity index (χ1) is 10.4. The van der Waals surface area contributed by atoms with Crippen molar-refractivity contribution in [3.8, 4) is 0 Å². The number of halogens is 1. The van der Waals surface area contributed by atoms with Crippen LogP contribution in [0.5, 0.6) is 0 Å². The number of benzene rings is 1. The van der Waals surface area contributed by atoms with Gasteiger partial charge in [-0.2, -0.15) is 0 Å². The van der Waals surface area contributed by atoms with Crippen molar-refractivity contribution in [1.82, 2.24) is 14.5 Å². The van der Waals surface area contributed by atoms with E-state index in [1.54, 1.807) is 0 Å². The van der Waals surface area contributed by atoms with Crippen molar-refractivity contribution in [3.05, 3.63) is 30.1 Å². The van der Waals surface area contributed by atoms with Gasteiger partial charge in [-0.1, -0.05) is 12.1 Å². The number of nitrogens with zero attached hydrogens (tertiary/aromatic N) is 3. The molecule has 0 aliphatic carbocycles. The summed E-state index contributed by atoms with van der Waals surface area (Å²) in [5.41, 5.74) is 2.29. The molecule has 0 spiro atoms. The fourth-order valence-electron chi connectivity index (χ4n) is 2.93. The summed E-state index contributed by atoms with van der Waals surface area (Å²) in [6.45, 7) is 5.97. The molecule has 114 valence electrons. The first-order valence-electron chi connectivity index (χ1n) is 7.68. The van der Waals surface area contributed by atoms with Crippen molar-refractivity contribution in [2.45, 2.75) is 19.4 Å². The molecule has 4 nitrogen and oxygen atoms in total. The van der Waals surface area contributed by atoms with E-state index in [0.717, 1.165) is 63.6 Å². The highest BCUT2D eigenvalue weighted by atomic mass is 35.5. The number of fused-ring (bicyclic) bond motifs is 1. The van der Waals surface area contributed by atoms with Gasteiger partial charge in [0.2, 0.25) is 0 Å². The largest absolute Gasteiger partial charge is 0.379 e. The minimum Gasteiger partial charge on any atom is -0.379 e. The number of morpholine rings is 1. The van der Waals surface area contributed by atoms with Crippen molar-refractivity contribution in [1.29, 1.82) is 0 Å². The van der Waals surface area contributed by atoms with E-state index >= 15 is 0 Å². The Hall–Kier alpha value is -1.10. The number of para-hydroxylation sites is 2. The number of imidazole rings is 1. The Balaban J connectivity index is 1.68. The van der Waals surface area contributed by atoms with Crippen molar-refractivity contribution in [3.63, 3.8) is 0 Å². The van der Waals surface area contributed by atoms with Crippen LogP contribution in [0.4, 0.5) is 0 Å². The lowest BCUT2D eigenvalue weighted by Crippen LogP contribution is -2.37. The molecule has 21 heavy (non-hydrogen) atoms. The van der Waals surface area contributed by atoms with Gasteiger partial charge in [-0.3, -0.25) is 4.90 Å². The van der Waals surface area contributed by atoms with E-state index in [9.17, 15) is 0 Å². The van der Waals surface area contributed by atoms with Gasteiger partial charge in [0.1, 0.15) is 5.82 Å². The second kappa shape index (κ2) is 7.25. The minimum atomic E-state index is 0.618. The third kappa shape index (κ3) is 3.57. The lowest BCUT2D eigenvalue weighted by Gasteiger charge is -2.26. The number of ether oxygens (including phenoxy) is 1. The molecule has 2 heterocycles. The molecular formula is C16H22ClN3O. The summed E-state index contributed by atoms with van der Waals surface area (Å²) in [5.74, 6) is 1.72. The smallest absolute Gasteiger partial charge is 0.111 e. The molecule has 0 bridgehead atoms. The number of alkyl halides is 1. The van der Waals surface area contributed by atoms with Crippen LogP contribution in [0.3, 0.4) is 0 Å². The molecule has 1 aliphatic rings. The summed E-state index contributed by atoms with van der Waals surface area (Å²) in [5, 5.41) is 0. The summed E-state index contributed by atoms with van der Waals surface area (Å²) in [7, 11) is 0. The van der Waals surface area contributed by atoms with Crippen LogP contribution in [0.1, 0.15) is 12.2 Å². The van der Waals surface area contributed by atoms with Crippen LogP contribution in [0.2, 0.25) is 0 Å². The maximum Gasteiger partial charge on any atom is 0.111 e. The summed E-state index contributed by atoms with van der Waals surface area (Å²) in [6, 6.07) is 8.34. The zero-order chi connectivity index (χ0) is 14.5. The van der Waals surface area contributed by atoms with E-state index < -0.39 is 0 Å². The first kappa shape index (κ1) is 14.8. The Morgan fingerprint density at radius 3 is 2.76 bits per heavy atom. The highest BCUT2D eigenvalue weighted by Gasteiger charge is 2.12. The maximum atomic E-state index is 5.92. The predicted molar refractivity (Wildman–Crippen MR) is 86.0 cm³/mol. The Morgan fingerprint density at radius 1 is 1.14 bits per heavy atom. The van der Waals surface area contributed by atoms with Gasteiger partial charge in [0.15, 0.2) is 0 Å². The molecule has 1 aromatic heterocycles. The SMILES string of the molecule is ClCCc1nc2ccccc2n1CCCN1CCOCC1. The topological polar surface area (TPSA) is 30.3 Å². The van der Waals surface area contributed by atoms with E-state index in [1.807, 2.05) is 6.07 Å². The number of aryl methyl sites for hydroxylation is 2. The van der Waals surface area contributed by atoms with Crippen molar-refractivity contribution in [2.24, 2.45) is 0 Å². The second-order valence-electron chi connectivity index (χ2n) is 5.41. The predicted octanol–water partition coefficient (Wildman–Crippen LogP) is 2.54. The first-order valence-corrected chi connectivity index (χ1v) is 8.22. The summed E-state index contributed by atoms with van der Waals surface area (Å²) in [6.07, 6.45) is 1.96. The standard InChI is InChI=1S/C16H22ClN3O/c17-7-6-16-18-14-4-1-2-5-15(14)20(16)9-3-8-19-10-12-21-13-11-19/h1-2,4-5H,3,6-13H2. The molecule has 0 atom stereocenters. The van der Waals surface area contributed by atoms with Crippen molar-refractivity contribution in [2.75, 3.05) is 38.7 Å². The molecule has 1 aromatic carbocycles. The fourth-order valence-corrected chi connectivity index (χ4v) is 3.10. The van der Waals surface area contributed by atoms with Gasteiger partial charge in [0, 0.05) is 38.5 Å². The Bertz CT molecular complexity index is 578. The molecular weight excluding hydrogens is 286 g/mol. The summed E-state index contributed by atoms with van der Waals surface area (Å²) >= 11 is 5.92. The molecule has 0 amide bonds. The van der Waals surface area contributed by atoms with Crippen LogP contribution < -0.4 is 0 Å². The molecule has 0 saturated carbocycles. The third-order valence-corrected chi connectivity index (χ3v) is 4.20. The van der Waals surface area contributed by atoms with Crippen LogP contribution >= 0.6 is 11.6 Å². The molecule has 1 aliphatic heterocycles. The molecule has 0 unspecified atom stereocenters. The monoisotopic (exact) mass is 307 g/mol. The van der Waals surface area contributed by atoms with Gasteiger partial charge >= 0.3 is 0 Å². The second-order valence-corrected chi connectivity index (χ2v) is 5.79. The van der Waals surface area contributed by atoms with Crippen LogP contribution in [0.25, 0.3) is 11.0 Å². The molecule has 0 radical (unpaired) electrons. The number of hydrogen-bond acceptors (Lipinski definition) is 3. The fraction of sp³-hybridized carbons (Fsp3) is 0.562. The Labute approximate surface area is 130 Å². The van der Waals surface area contributed by atoms with Gasteiger partial charge in [0.25, 0.3) is 0 Å². The number of aromatic nitrogens is 2.